The molecule has 0 fully saturated rings. The number of methoxy groups -OCH3 is 3. The lowest BCUT2D eigenvalue weighted by molar-refractivity contribution is 0.327. The Morgan fingerprint density at radius 2 is 1.58 bits per heavy atom. The summed E-state index contributed by atoms with van der Waals surface area (Å²) in [5, 5.41) is 0.682. The van der Waals surface area contributed by atoms with Crippen molar-refractivity contribution in [2.45, 2.75) is 26.7 Å². The third-order valence-corrected chi connectivity index (χ3v) is 3.78. The Balaban J connectivity index is 2.71. The Bertz CT molecular complexity index is 700. The summed E-state index contributed by atoms with van der Waals surface area (Å²) in [5.74, 6) is 2.52. The summed E-state index contributed by atoms with van der Waals surface area (Å²) in [6, 6.07) is 1.78. The van der Waals surface area contributed by atoms with Gasteiger partial charge in [-0.25, -0.2) is 4.98 Å². The van der Waals surface area contributed by atoms with Gasteiger partial charge in [-0.3, -0.25) is 0 Å². The maximum absolute atomic E-state index is 6.20. The summed E-state index contributed by atoms with van der Waals surface area (Å²) in [6.45, 7) is 5.99. The van der Waals surface area contributed by atoms with Crippen LogP contribution in [0.5, 0.6) is 17.2 Å². The van der Waals surface area contributed by atoms with Crippen molar-refractivity contribution in [1.29, 1.82) is 0 Å². The van der Waals surface area contributed by atoms with E-state index in [0.717, 1.165) is 25.9 Å². The molecule has 1 aromatic carbocycles. The number of benzene rings is 1. The summed E-state index contributed by atoms with van der Waals surface area (Å²) in [6.07, 6.45) is 2.01. The number of nitrogens with two attached hydrogens (primary N) is 1. The second-order valence-corrected chi connectivity index (χ2v) is 5.44. The van der Waals surface area contributed by atoms with Crippen molar-refractivity contribution in [3.05, 3.63) is 6.07 Å². The zero-order chi connectivity index (χ0) is 17.7. The van der Waals surface area contributed by atoms with E-state index in [0.29, 0.717) is 39.9 Å². The molecule has 0 spiro atoms. The summed E-state index contributed by atoms with van der Waals surface area (Å²) < 4.78 is 16.3. The minimum absolute atomic E-state index is 0.395. The SMILES string of the molecule is CCCN(CCC)c1nc(N)c2cc(OC)c(OC)c(OC)c2n1. The van der Waals surface area contributed by atoms with Crippen molar-refractivity contribution < 1.29 is 14.2 Å². The fourth-order valence-corrected chi connectivity index (χ4v) is 2.73. The van der Waals surface area contributed by atoms with Crippen LogP contribution >= 0.6 is 0 Å². The van der Waals surface area contributed by atoms with Gasteiger partial charge < -0.3 is 24.8 Å². The Morgan fingerprint density at radius 3 is 2.08 bits per heavy atom. The quantitative estimate of drug-likeness (QED) is 0.794. The number of ether oxygens (including phenoxy) is 3. The molecule has 2 aromatic rings. The molecule has 0 atom stereocenters. The van der Waals surface area contributed by atoms with Gasteiger partial charge in [-0.1, -0.05) is 13.8 Å². The number of aromatic nitrogens is 2. The van der Waals surface area contributed by atoms with Crippen LogP contribution in [0.15, 0.2) is 6.07 Å². The lowest BCUT2D eigenvalue weighted by Crippen LogP contribution is -2.27. The lowest BCUT2D eigenvalue weighted by Gasteiger charge is -2.23. The number of nitrogen functional groups attached to an aromatic ring is 1. The van der Waals surface area contributed by atoms with Gasteiger partial charge in [0.2, 0.25) is 11.7 Å². The van der Waals surface area contributed by atoms with Gasteiger partial charge in [0.05, 0.1) is 26.7 Å². The van der Waals surface area contributed by atoms with Crippen molar-refractivity contribution in [2.75, 3.05) is 45.1 Å². The van der Waals surface area contributed by atoms with Crippen LogP contribution < -0.4 is 24.8 Å². The van der Waals surface area contributed by atoms with Crippen molar-refractivity contribution in [3.8, 4) is 17.2 Å². The molecule has 0 aliphatic heterocycles. The highest BCUT2D eigenvalue weighted by molar-refractivity contribution is 5.96. The number of fused-ring (bicyclic) bond motifs is 1. The molecular formula is C17H26N4O3. The summed E-state index contributed by atoms with van der Waals surface area (Å²) in [5.41, 5.74) is 6.82. The first-order chi connectivity index (χ1) is 11.6. The van der Waals surface area contributed by atoms with Gasteiger partial charge in [0.15, 0.2) is 11.5 Å². The van der Waals surface area contributed by atoms with Gasteiger partial charge in [-0.15, -0.1) is 0 Å². The number of rotatable bonds is 8. The Labute approximate surface area is 142 Å². The van der Waals surface area contributed by atoms with Crippen LogP contribution in [0.4, 0.5) is 11.8 Å². The van der Waals surface area contributed by atoms with Crippen molar-refractivity contribution in [1.82, 2.24) is 9.97 Å². The van der Waals surface area contributed by atoms with Crippen LogP contribution in [0.3, 0.4) is 0 Å². The van der Waals surface area contributed by atoms with Crippen LogP contribution in [0.2, 0.25) is 0 Å². The fourth-order valence-electron chi connectivity index (χ4n) is 2.73. The predicted octanol–water partition coefficient (Wildman–Crippen LogP) is 2.86. The van der Waals surface area contributed by atoms with Crippen LogP contribution in [0.1, 0.15) is 26.7 Å². The molecule has 0 aliphatic carbocycles. The summed E-state index contributed by atoms with van der Waals surface area (Å²) in [7, 11) is 4.71. The number of anilines is 2. The van der Waals surface area contributed by atoms with E-state index in [1.54, 1.807) is 27.4 Å². The molecule has 2 N–H and O–H groups in total. The standard InChI is InChI=1S/C17H26N4O3/c1-6-8-21(9-7-2)17-19-13-11(16(18)20-17)10-12(22-3)14(23-4)15(13)24-5/h10H,6-9H2,1-5H3,(H2,18,19,20). The zero-order valence-corrected chi connectivity index (χ0v) is 15.0. The van der Waals surface area contributed by atoms with E-state index < -0.39 is 0 Å². The number of hydrogen-bond donors (Lipinski definition) is 1. The molecule has 0 saturated carbocycles. The maximum atomic E-state index is 6.20. The summed E-state index contributed by atoms with van der Waals surface area (Å²) >= 11 is 0. The van der Waals surface area contributed by atoms with Crippen LogP contribution in [0, 0.1) is 0 Å². The van der Waals surface area contributed by atoms with E-state index >= 15 is 0 Å². The molecule has 132 valence electrons. The van der Waals surface area contributed by atoms with Gasteiger partial charge in [0.1, 0.15) is 11.3 Å². The first kappa shape index (κ1) is 17.9. The molecule has 0 radical (unpaired) electrons. The van der Waals surface area contributed by atoms with E-state index in [1.807, 2.05) is 0 Å². The third-order valence-electron chi connectivity index (χ3n) is 3.78. The molecule has 1 aromatic heterocycles. The van der Waals surface area contributed by atoms with E-state index in [-0.39, 0.29) is 0 Å². The highest BCUT2D eigenvalue weighted by Crippen LogP contribution is 2.44. The second kappa shape index (κ2) is 7.90. The predicted molar refractivity (Wildman–Crippen MR) is 96.4 cm³/mol. The van der Waals surface area contributed by atoms with Gasteiger partial charge in [0, 0.05) is 13.1 Å². The average molecular weight is 334 g/mol. The first-order valence-corrected chi connectivity index (χ1v) is 8.12. The minimum atomic E-state index is 0.395. The van der Waals surface area contributed by atoms with Crippen LogP contribution in [0.25, 0.3) is 10.9 Å². The van der Waals surface area contributed by atoms with Crippen molar-refractivity contribution in [2.24, 2.45) is 0 Å². The largest absolute Gasteiger partial charge is 0.493 e. The van der Waals surface area contributed by atoms with E-state index in [9.17, 15) is 0 Å². The molecule has 7 nitrogen and oxygen atoms in total. The first-order valence-electron chi connectivity index (χ1n) is 8.12. The van der Waals surface area contributed by atoms with Crippen LogP contribution in [-0.2, 0) is 0 Å². The Morgan fingerprint density at radius 1 is 0.958 bits per heavy atom. The van der Waals surface area contributed by atoms with Gasteiger partial charge in [0.25, 0.3) is 0 Å². The molecule has 24 heavy (non-hydrogen) atoms. The van der Waals surface area contributed by atoms with Gasteiger partial charge in [-0.2, -0.15) is 4.98 Å². The topological polar surface area (TPSA) is 82.7 Å². The van der Waals surface area contributed by atoms with E-state index in [1.165, 1.54) is 0 Å². The van der Waals surface area contributed by atoms with E-state index in [4.69, 9.17) is 24.9 Å². The van der Waals surface area contributed by atoms with Crippen LogP contribution in [-0.4, -0.2) is 44.4 Å². The molecule has 0 saturated heterocycles. The van der Waals surface area contributed by atoms with Gasteiger partial charge >= 0.3 is 0 Å². The Kier molecular flexibility index (Phi) is 5.89. The second-order valence-electron chi connectivity index (χ2n) is 5.44. The zero-order valence-electron chi connectivity index (χ0n) is 15.0. The molecule has 7 heteroatoms. The molecule has 0 unspecified atom stereocenters. The Hall–Kier alpha value is -2.44. The fraction of sp³-hybridized carbons (Fsp3) is 0.529. The monoisotopic (exact) mass is 334 g/mol. The molecule has 2 rings (SSSR count). The lowest BCUT2D eigenvalue weighted by atomic mass is 10.2. The molecular weight excluding hydrogens is 308 g/mol. The summed E-state index contributed by atoms with van der Waals surface area (Å²) in [4.78, 5) is 11.3. The third kappa shape index (κ3) is 3.25. The van der Waals surface area contributed by atoms with Crippen molar-refractivity contribution >= 4 is 22.7 Å². The average Bonchev–Trinajstić information content (AvgIpc) is 2.59. The number of nitrogens with zero attached hydrogens (tertiary/aromatic N) is 3. The highest BCUT2D eigenvalue weighted by atomic mass is 16.5. The smallest absolute Gasteiger partial charge is 0.228 e. The maximum Gasteiger partial charge on any atom is 0.228 e. The molecule has 0 aliphatic rings. The molecule has 0 bridgehead atoms. The van der Waals surface area contributed by atoms with Crippen molar-refractivity contribution in [3.63, 3.8) is 0 Å². The molecule has 1 heterocycles. The highest BCUT2D eigenvalue weighted by Gasteiger charge is 2.21. The minimum Gasteiger partial charge on any atom is -0.493 e. The van der Waals surface area contributed by atoms with Gasteiger partial charge in [-0.05, 0) is 18.9 Å². The number of hydrogen-bond acceptors (Lipinski definition) is 7. The molecule has 0 amide bonds. The van der Waals surface area contributed by atoms with E-state index in [2.05, 4.69) is 23.7 Å². The normalized spacial score (nSPS) is 10.7.